The van der Waals surface area contributed by atoms with Crippen LogP contribution < -0.4 is 0 Å². The van der Waals surface area contributed by atoms with E-state index in [9.17, 15) is 4.79 Å². The van der Waals surface area contributed by atoms with E-state index in [1.165, 1.54) is 5.57 Å². The minimum atomic E-state index is -0.398. The molecule has 1 rings (SSSR count). The zero-order chi connectivity index (χ0) is 13.6. The molecule has 3 heteroatoms. The van der Waals surface area contributed by atoms with Gasteiger partial charge in [-0.25, -0.2) is 0 Å². The lowest BCUT2D eigenvalue weighted by Crippen LogP contribution is -2.24. The van der Waals surface area contributed by atoms with Gasteiger partial charge in [0.05, 0.1) is 13.2 Å². The van der Waals surface area contributed by atoms with Crippen LogP contribution in [0.5, 0.6) is 0 Å². The monoisotopic (exact) mass is 254 g/mol. The standard InChI is InChI=1S/C15H26O3/c1-12(2)14(16)8-7-13(3)6-5-9-15(4)17-10-11-18-15/h6,12H,5,7-11H2,1-4H3. The smallest absolute Gasteiger partial charge is 0.166 e. The average molecular weight is 254 g/mol. The molecule has 1 fully saturated rings. The summed E-state index contributed by atoms with van der Waals surface area (Å²) in [4.78, 5) is 11.5. The summed E-state index contributed by atoms with van der Waals surface area (Å²) in [6.45, 7) is 9.38. The van der Waals surface area contributed by atoms with Crippen LogP contribution in [0.3, 0.4) is 0 Å². The van der Waals surface area contributed by atoms with Crippen LogP contribution in [0.2, 0.25) is 0 Å². The van der Waals surface area contributed by atoms with E-state index >= 15 is 0 Å². The molecule has 0 aliphatic carbocycles. The van der Waals surface area contributed by atoms with Crippen molar-refractivity contribution in [2.45, 2.75) is 59.2 Å². The Hall–Kier alpha value is -0.670. The van der Waals surface area contributed by atoms with Gasteiger partial charge in [-0.2, -0.15) is 0 Å². The molecule has 0 aromatic carbocycles. The first-order valence-electron chi connectivity index (χ1n) is 6.89. The lowest BCUT2D eigenvalue weighted by atomic mass is 10.0. The van der Waals surface area contributed by atoms with Gasteiger partial charge in [-0.3, -0.25) is 4.79 Å². The van der Waals surface area contributed by atoms with Gasteiger partial charge in [-0.15, -0.1) is 0 Å². The summed E-state index contributed by atoms with van der Waals surface area (Å²) in [5.74, 6) is 0.0963. The number of Topliss-reactive ketones (excluding diaryl/α,β-unsaturated/α-hetero) is 1. The van der Waals surface area contributed by atoms with Gasteiger partial charge < -0.3 is 9.47 Å². The van der Waals surface area contributed by atoms with Crippen LogP contribution >= 0.6 is 0 Å². The van der Waals surface area contributed by atoms with Crippen molar-refractivity contribution in [1.29, 1.82) is 0 Å². The maximum Gasteiger partial charge on any atom is 0.166 e. The molecule has 1 heterocycles. The molecule has 104 valence electrons. The van der Waals surface area contributed by atoms with Crippen LogP contribution in [0.25, 0.3) is 0 Å². The number of carbonyl (C=O) groups is 1. The number of allylic oxidation sites excluding steroid dienone is 2. The number of carbonyl (C=O) groups excluding carboxylic acids is 1. The largest absolute Gasteiger partial charge is 0.348 e. The quantitative estimate of drug-likeness (QED) is 0.652. The molecular weight excluding hydrogens is 228 g/mol. The topological polar surface area (TPSA) is 35.5 Å². The van der Waals surface area contributed by atoms with Crippen LogP contribution in [0.15, 0.2) is 11.6 Å². The van der Waals surface area contributed by atoms with Gasteiger partial charge in [-0.1, -0.05) is 25.5 Å². The zero-order valence-corrected chi connectivity index (χ0v) is 12.1. The van der Waals surface area contributed by atoms with Gasteiger partial charge in [0.2, 0.25) is 0 Å². The molecule has 0 spiro atoms. The summed E-state index contributed by atoms with van der Waals surface area (Å²) in [6.07, 6.45) is 5.55. The minimum absolute atomic E-state index is 0.150. The van der Waals surface area contributed by atoms with E-state index < -0.39 is 5.79 Å². The van der Waals surface area contributed by atoms with E-state index in [4.69, 9.17) is 9.47 Å². The molecule has 0 atom stereocenters. The van der Waals surface area contributed by atoms with E-state index in [1.807, 2.05) is 20.8 Å². The Labute approximate surface area is 111 Å². The highest BCUT2D eigenvalue weighted by molar-refractivity contribution is 5.80. The Morgan fingerprint density at radius 3 is 2.44 bits per heavy atom. The van der Waals surface area contributed by atoms with Crippen LogP contribution in [0, 0.1) is 5.92 Å². The van der Waals surface area contributed by atoms with E-state index in [2.05, 4.69) is 13.0 Å². The van der Waals surface area contributed by atoms with Gasteiger partial charge in [0, 0.05) is 18.8 Å². The summed E-state index contributed by atoms with van der Waals surface area (Å²) in [7, 11) is 0. The van der Waals surface area contributed by atoms with Crippen molar-refractivity contribution >= 4 is 5.78 Å². The molecular formula is C15H26O3. The van der Waals surface area contributed by atoms with Crippen LogP contribution in [0.4, 0.5) is 0 Å². The van der Waals surface area contributed by atoms with E-state index in [0.29, 0.717) is 25.4 Å². The summed E-state index contributed by atoms with van der Waals surface area (Å²) in [6, 6.07) is 0. The Bertz CT molecular complexity index is 299. The molecule has 0 saturated carbocycles. The van der Waals surface area contributed by atoms with Gasteiger partial charge in [0.1, 0.15) is 5.78 Å². The van der Waals surface area contributed by atoms with Crippen molar-refractivity contribution in [3.63, 3.8) is 0 Å². The van der Waals surface area contributed by atoms with Crippen LogP contribution in [0.1, 0.15) is 53.4 Å². The minimum Gasteiger partial charge on any atom is -0.348 e. The molecule has 0 amide bonds. The SMILES string of the molecule is CC(=CCCC1(C)OCCO1)CCC(=O)C(C)C. The number of rotatable bonds is 7. The maximum absolute atomic E-state index is 11.5. The van der Waals surface area contributed by atoms with Crippen molar-refractivity contribution in [3.05, 3.63) is 11.6 Å². The first-order chi connectivity index (χ1) is 8.43. The molecule has 0 aromatic rings. The lowest BCUT2D eigenvalue weighted by molar-refractivity contribution is -0.145. The van der Waals surface area contributed by atoms with E-state index in [-0.39, 0.29) is 5.92 Å². The third kappa shape index (κ3) is 5.32. The third-order valence-electron chi connectivity index (χ3n) is 3.40. The van der Waals surface area contributed by atoms with Crippen molar-refractivity contribution in [2.24, 2.45) is 5.92 Å². The van der Waals surface area contributed by atoms with Gasteiger partial charge in [0.25, 0.3) is 0 Å². The second-order valence-electron chi connectivity index (χ2n) is 5.54. The molecule has 0 N–H and O–H groups in total. The number of hydrogen-bond acceptors (Lipinski definition) is 3. The fourth-order valence-corrected chi connectivity index (χ4v) is 1.99. The fraction of sp³-hybridized carbons (Fsp3) is 0.800. The molecule has 18 heavy (non-hydrogen) atoms. The van der Waals surface area contributed by atoms with Crippen molar-refractivity contribution in [1.82, 2.24) is 0 Å². The van der Waals surface area contributed by atoms with E-state index in [1.54, 1.807) is 0 Å². The van der Waals surface area contributed by atoms with Gasteiger partial charge in [-0.05, 0) is 26.7 Å². The van der Waals surface area contributed by atoms with Crippen molar-refractivity contribution in [3.8, 4) is 0 Å². The van der Waals surface area contributed by atoms with Gasteiger partial charge in [0.15, 0.2) is 5.79 Å². The maximum atomic E-state index is 11.5. The lowest BCUT2D eigenvalue weighted by Gasteiger charge is -2.21. The first kappa shape index (κ1) is 15.4. The summed E-state index contributed by atoms with van der Waals surface area (Å²) < 4.78 is 11.1. The molecule has 1 aliphatic rings. The number of ether oxygens (including phenoxy) is 2. The molecule has 0 radical (unpaired) electrons. The van der Waals surface area contributed by atoms with Crippen molar-refractivity contribution < 1.29 is 14.3 Å². The molecule has 0 bridgehead atoms. The van der Waals surface area contributed by atoms with Gasteiger partial charge >= 0.3 is 0 Å². The first-order valence-corrected chi connectivity index (χ1v) is 6.89. The normalized spacial score (nSPS) is 19.5. The fourth-order valence-electron chi connectivity index (χ4n) is 1.99. The summed E-state index contributed by atoms with van der Waals surface area (Å²) >= 11 is 0. The number of ketones is 1. The molecule has 0 aromatic heterocycles. The summed E-state index contributed by atoms with van der Waals surface area (Å²) in [5, 5.41) is 0. The Morgan fingerprint density at radius 1 is 1.28 bits per heavy atom. The number of hydrogen-bond donors (Lipinski definition) is 0. The average Bonchev–Trinajstić information content (AvgIpc) is 2.73. The predicted molar refractivity (Wildman–Crippen MR) is 72.4 cm³/mol. The zero-order valence-electron chi connectivity index (χ0n) is 12.1. The highest BCUT2D eigenvalue weighted by atomic mass is 16.7. The molecule has 3 nitrogen and oxygen atoms in total. The Balaban J connectivity index is 2.23. The molecule has 1 aliphatic heterocycles. The second-order valence-corrected chi connectivity index (χ2v) is 5.54. The second kappa shape index (κ2) is 7.05. The summed E-state index contributed by atoms with van der Waals surface area (Å²) in [5.41, 5.74) is 1.28. The van der Waals surface area contributed by atoms with E-state index in [0.717, 1.165) is 19.3 Å². The Morgan fingerprint density at radius 2 is 1.89 bits per heavy atom. The van der Waals surface area contributed by atoms with Crippen LogP contribution in [-0.4, -0.2) is 24.8 Å². The van der Waals surface area contributed by atoms with Crippen LogP contribution in [-0.2, 0) is 14.3 Å². The highest BCUT2D eigenvalue weighted by Crippen LogP contribution is 2.24. The molecule has 1 saturated heterocycles. The highest BCUT2D eigenvalue weighted by Gasteiger charge is 2.29. The molecule has 0 unspecified atom stereocenters. The Kier molecular flexibility index (Phi) is 6.03. The third-order valence-corrected chi connectivity index (χ3v) is 3.40. The predicted octanol–water partition coefficient (Wildman–Crippen LogP) is 3.48. The van der Waals surface area contributed by atoms with Crippen molar-refractivity contribution in [2.75, 3.05) is 13.2 Å².